The van der Waals surface area contributed by atoms with Crippen LogP contribution in [0.4, 0.5) is 5.69 Å². The van der Waals surface area contributed by atoms with Crippen LogP contribution in [0.2, 0.25) is 0 Å². The second-order valence-electron chi connectivity index (χ2n) is 6.83. The van der Waals surface area contributed by atoms with Gasteiger partial charge in [0.05, 0.1) is 0 Å². The number of nitrogens with one attached hydrogen (secondary N) is 2. The van der Waals surface area contributed by atoms with Crippen molar-refractivity contribution in [2.45, 2.75) is 13.5 Å². The number of carbonyl (C=O) groups excluding carboxylic acids is 1. The first-order valence-corrected chi connectivity index (χ1v) is 9.89. The van der Waals surface area contributed by atoms with Crippen LogP contribution in [-0.2, 0) is 11.3 Å². The van der Waals surface area contributed by atoms with Crippen LogP contribution in [0.5, 0.6) is 0 Å². The summed E-state index contributed by atoms with van der Waals surface area (Å²) in [5.41, 5.74) is 2.14. The maximum Gasteiger partial charge on any atom is 0.246 e. The van der Waals surface area contributed by atoms with Crippen LogP contribution in [0.3, 0.4) is 0 Å². The molecule has 3 rings (SSSR count). The Hall–Kier alpha value is -2.13. The monoisotopic (exact) mass is 507 g/mol. The first-order chi connectivity index (χ1) is 13.7. The van der Waals surface area contributed by atoms with Crippen LogP contribution >= 0.6 is 24.0 Å². The number of hydrogen-bond donors (Lipinski definition) is 2. The van der Waals surface area contributed by atoms with E-state index in [9.17, 15) is 4.79 Å². The van der Waals surface area contributed by atoms with Gasteiger partial charge in [-0.05, 0) is 24.6 Å². The molecule has 0 unspecified atom stereocenters. The number of para-hydroxylation sites is 1. The van der Waals surface area contributed by atoms with E-state index >= 15 is 0 Å². The van der Waals surface area contributed by atoms with E-state index < -0.39 is 0 Å². The molecule has 1 aliphatic rings. The molecule has 156 valence electrons. The molecule has 2 N–H and O–H groups in total. The average Bonchev–Trinajstić information content (AvgIpc) is 2.73. The number of hydrogen-bond acceptors (Lipinski definition) is 3. The highest BCUT2D eigenvalue weighted by Crippen LogP contribution is 2.09. The highest BCUT2D eigenvalue weighted by atomic mass is 127. The molecule has 1 heterocycles. The summed E-state index contributed by atoms with van der Waals surface area (Å²) in [7, 11) is 0. The molecule has 1 fully saturated rings. The molecule has 2 aromatic carbocycles. The number of piperazine rings is 1. The molecule has 0 aromatic heterocycles. The number of halogens is 1. The fourth-order valence-electron chi connectivity index (χ4n) is 3.25. The van der Waals surface area contributed by atoms with Gasteiger partial charge in [0.15, 0.2) is 5.96 Å². The normalized spacial score (nSPS) is 14.8. The van der Waals surface area contributed by atoms with Crippen molar-refractivity contribution < 1.29 is 4.79 Å². The van der Waals surface area contributed by atoms with E-state index in [4.69, 9.17) is 0 Å². The van der Waals surface area contributed by atoms with Crippen molar-refractivity contribution in [3.8, 4) is 0 Å². The van der Waals surface area contributed by atoms with E-state index in [0.717, 1.165) is 50.9 Å². The van der Waals surface area contributed by atoms with Gasteiger partial charge < -0.3 is 15.5 Å². The highest BCUT2D eigenvalue weighted by Gasteiger charge is 2.19. The first-order valence-electron chi connectivity index (χ1n) is 9.89. The van der Waals surface area contributed by atoms with Gasteiger partial charge in [-0.25, -0.2) is 4.99 Å². The van der Waals surface area contributed by atoms with Crippen molar-refractivity contribution in [3.05, 3.63) is 66.2 Å². The van der Waals surface area contributed by atoms with E-state index in [1.807, 2.05) is 37.3 Å². The van der Waals surface area contributed by atoms with Gasteiger partial charge >= 0.3 is 0 Å². The van der Waals surface area contributed by atoms with Crippen molar-refractivity contribution >= 4 is 41.5 Å². The van der Waals surface area contributed by atoms with Gasteiger partial charge in [-0.2, -0.15) is 0 Å². The zero-order valence-corrected chi connectivity index (χ0v) is 19.2. The summed E-state index contributed by atoms with van der Waals surface area (Å²) in [5, 5.41) is 6.19. The summed E-state index contributed by atoms with van der Waals surface area (Å²) in [5.74, 6) is 0.703. The minimum atomic E-state index is -0.107. The van der Waals surface area contributed by atoms with Gasteiger partial charge in [-0.15, -0.1) is 24.0 Å². The van der Waals surface area contributed by atoms with Crippen LogP contribution in [0.1, 0.15) is 12.5 Å². The average molecular weight is 507 g/mol. The number of benzene rings is 2. The third-order valence-corrected chi connectivity index (χ3v) is 4.69. The van der Waals surface area contributed by atoms with Crippen LogP contribution in [0.15, 0.2) is 65.7 Å². The number of anilines is 1. The third kappa shape index (κ3) is 7.66. The lowest BCUT2D eigenvalue weighted by atomic mass is 10.2. The number of rotatable bonds is 6. The number of nitrogens with zero attached hydrogens (tertiary/aromatic N) is 3. The van der Waals surface area contributed by atoms with Crippen LogP contribution in [0.25, 0.3) is 0 Å². The topological polar surface area (TPSA) is 60.0 Å². The lowest BCUT2D eigenvalue weighted by molar-refractivity contribution is -0.114. The smallest absolute Gasteiger partial charge is 0.246 e. The quantitative estimate of drug-likeness (QED) is 0.359. The molecule has 1 saturated heterocycles. The lowest BCUT2D eigenvalue weighted by Gasteiger charge is -2.36. The van der Waals surface area contributed by atoms with E-state index in [1.165, 1.54) is 5.56 Å². The van der Waals surface area contributed by atoms with Gasteiger partial charge in [0.1, 0.15) is 6.54 Å². The Morgan fingerprint density at radius 3 is 2.21 bits per heavy atom. The second kappa shape index (κ2) is 12.4. The Morgan fingerprint density at radius 1 is 0.966 bits per heavy atom. The molecular weight excluding hydrogens is 477 g/mol. The predicted molar refractivity (Wildman–Crippen MR) is 130 cm³/mol. The SMILES string of the molecule is CCNC(=NCC(=O)Nc1ccccc1)N1CCN(Cc2ccccc2)CC1.I. The lowest BCUT2D eigenvalue weighted by Crippen LogP contribution is -2.52. The summed E-state index contributed by atoms with van der Waals surface area (Å²) in [4.78, 5) is 21.4. The molecule has 0 atom stereocenters. The van der Waals surface area contributed by atoms with E-state index in [-0.39, 0.29) is 36.4 Å². The minimum Gasteiger partial charge on any atom is -0.357 e. The molecule has 1 amide bonds. The molecule has 0 bridgehead atoms. The largest absolute Gasteiger partial charge is 0.357 e. The Labute approximate surface area is 190 Å². The third-order valence-electron chi connectivity index (χ3n) is 4.69. The summed E-state index contributed by atoms with van der Waals surface area (Å²) in [6, 6.07) is 20.0. The molecule has 0 spiro atoms. The molecule has 2 aromatic rings. The molecular formula is C22H30IN5O. The van der Waals surface area contributed by atoms with Gasteiger partial charge in [-0.3, -0.25) is 9.69 Å². The fourth-order valence-corrected chi connectivity index (χ4v) is 3.25. The van der Waals surface area contributed by atoms with Crippen LogP contribution in [-0.4, -0.2) is 60.9 Å². The summed E-state index contributed by atoms with van der Waals surface area (Å²) >= 11 is 0. The minimum absolute atomic E-state index is 0. The molecule has 7 heteroatoms. The van der Waals surface area contributed by atoms with Gasteiger partial charge in [0.2, 0.25) is 5.91 Å². The standard InChI is InChI=1S/C22H29N5O.HI/c1-2-23-22(24-17-21(28)25-20-11-7-4-8-12-20)27-15-13-26(14-16-27)18-19-9-5-3-6-10-19;/h3-12H,2,13-18H2,1H3,(H,23,24)(H,25,28);1H. The zero-order chi connectivity index (χ0) is 19.6. The fraction of sp³-hybridized carbons (Fsp3) is 0.364. The second-order valence-corrected chi connectivity index (χ2v) is 6.83. The van der Waals surface area contributed by atoms with Gasteiger partial charge in [-0.1, -0.05) is 48.5 Å². The molecule has 0 saturated carbocycles. The number of aliphatic imine (C=N–C) groups is 1. The number of guanidine groups is 1. The molecule has 6 nitrogen and oxygen atoms in total. The Bertz CT molecular complexity index is 761. The molecule has 0 radical (unpaired) electrons. The first kappa shape index (κ1) is 23.2. The highest BCUT2D eigenvalue weighted by molar-refractivity contribution is 14.0. The maximum absolute atomic E-state index is 12.2. The van der Waals surface area contributed by atoms with Crippen molar-refractivity contribution in [2.24, 2.45) is 4.99 Å². The zero-order valence-electron chi connectivity index (χ0n) is 16.9. The summed E-state index contributed by atoms with van der Waals surface area (Å²) in [6.45, 7) is 7.68. The van der Waals surface area contributed by atoms with E-state index in [0.29, 0.717) is 0 Å². The van der Waals surface area contributed by atoms with Gasteiger partial charge in [0, 0.05) is 45.0 Å². The Kier molecular flexibility index (Phi) is 9.93. The van der Waals surface area contributed by atoms with Crippen molar-refractivity contribution in [1.82, 2.24) is 15.1 Å². The van der Waals surface area contributed by atoms with E-state index in [1.54, 1.807) is 0 Å². The molecule has 29 heavy (non-hydrogen) atoms. The Morgan fingerprint density at radius 2 is 1.59 bits per heavy atom. The summed E-state index contributed by atoms with van der Waals surface area (Å²) < 4.78 is 0. The summed E-state index contributed by atoms with van der Waals surface area (Å²) in [6.07, 6.45) is 0. The van der Waals surface area contributed by atoms with Crippen molar-refractivity contribution in [1.29, 1.82) is 0 Å². The van der Waals surface area contributed by atoms with E-state index in [2.05, 4.69) is 55.8 Å². The molecule has 0 aliphatic carbocycles. The van der Waals surface area contributed by atoms with Crippen molar-refractivity contribution in [3.63, 3.8) is 0 Å². The number of carbonyl (C=O) groups is 1. The number of amides is 1. The molecule has 1 aliphatic heterocycles. The van der Waals surface area contributed by atoms with Gasteiger partial charge in [0.25, 0.3) is 0 Å². The van der Waals surface area contributed by atoms with Crippen LogP contribution < -0.4 is 10.6 Å². The van der Waals surface area contributed by atoms with Crippen LogP contribution in [0, 0.1) is 0 Å². The predicted octanol–water partition coefficient (Wildman–Crippen LogP) is 3.03. The van der Waals surface area contributed by atoms with Crippen molar-refractivity contribution in [2.75, 3.05) is 44.6 Å². The maximum atomic E-state index is 12.2. The Balaban J connectivity index is 0.00000300.